The molecule has 2 aromatic carbocycles. The lowest BCUT2D eigenvalue weighted by molar-refractivity contribution is 0.0970. The predicted molar refractivity (Wildman–Crippen MR) is 267 cm³/mol. The zero-order chi connectivity index (χ0) is 48.8. The van der Waals surface area contributed by atoms with Crippen LogP contribution >= 0.6 is 11.8 Å². The van der Waals surface area contributed by atoms with E-state index in [1.807, 2.05) is 44.5 Å². The second-order valence-corrected chi connectivity index (χ2v) is 19.1. The molecular weight excluding hydrogens is 925 g/mol. The maximum atomic E-state index is 13.1. The number of aromatic nitrogens is 10. The summed E-state index contributed by atoms with van der Waals surface area (Å²) < 4.78 is 23.5. The average molecular weight is 971 g/mol. The zero-order valence-corrected chi connectivity index (χ0v) is 40.2. The SMILES string of the molecule is CSc1ncc2c(n1)CCN(c1cc(NCc3ccc(-c4ccnc(C)c4)cc3)ncn1)C2=O.Cc1cc(-c2ccc(CNc3cc(N4CCc5nc(S(C)(=O)=O)ncc5C4=O)ncn3)cc2)ccn1. The number of benzene rings is 2. The number of nitrogens with one attached hydrogen (secondary N) is 2. The molecule has 0 spiro atoms. The molecule has 2 N–H and O–H groups in total. The minimum atomic E-state index is -3.55. The van der Waals surface area contributed by atoms with E-state index < -0.39 is 9.84 Å². The van der Waals surface area contributed by atoms with Crippen LogP contribution in [0.5, 0.6) is 0 Å². The number of hydrogen-bond acceptors (Lipinski definition) is 17. The molecule has 2 aliphatic heterocycles. The first-order chi connectivity index (χ1) is 33.9. The Morgan fingerprint density at radius 1 is 0.571 bits per heavy atom. The van der Waals surface area contributed by atoms with Gasteiger partial charge in [0.25, 0.3) is 11.8 Å². The number of thioether (sulfide) groups is 1. The van der Waals surface area contributed by atoms with E-state index in [0.29, 0.717) is 78.7 Å². The van der Waals surface area contributed by atoms with Gasteiger partial charge in [0.2, 0.25) is 15.0 Å². The van der Waals surface area contributed by atoms with Crippen LogP contribution in [0.4, 0.5) is 23.3 Å². The lowest BCUT2D eigenvalue weighted by Gasteiger charge is -2.27. The largest absolute Gasteiger partial charge is 0.366 e. The maximum absolute atomic E-state index is 13.1. The Kier molecular flexibility index (Phi) is 13.9. The third kappa shape index (κ3) is 10.9. The van der Waals surface area contributed by atoms with Crippen LogP contribution in [-0.2, 0) is 35.8 Å². The van der Waals surface area contributed by atoms with Gasteiger partial charge in [-0.2, -0.15) is 0 Å². The topological polar surface area (TPSA) is 228 Å². The van der Waals surface area contributed by atoms with Crippen LogP contribution < -0.4 is 20.4 Å². The Morgan fingerprint density at radius 2 is 1.04 bits per heavy atom. The summed E-state index contributed by atoms with van der Waals surface area (Å²) in [6.07, 6.45) is 13.4. The summed E-state index contributed by atoms with van der Waals surface area (Å²) in [7, 11) is -3.55. The van der Waals surface area contributed by atoms with Crippen molar-refractivity contribution in [3.05, 3.63) is 167 Å². The number of fused-ring (bicyclic) bond motifs is 2. The molecule has 10 rings (SSSR count). The van der Waals surface area contributed by atoms with E-state index in [0.717, 1.165) is 56.7 Å². The molecule has 8 heterocycles. The second kappa shape index (κ2) is 20.6. The quantitative estimate of drug-likeness (QED) is 0.0925. The van der Waals surface area contributed by atoms with Gasteiger partial charge in [-0.15, -0.1) is 0 Å². The Balaban J connectivity index is 0.000000174. The summed E-state index contributed by atoms with van der Waals surface area (Å²) in [6.45, 7) is 5.94. The van der Waals surface area contributed by atoms with Crippen molar-refractivity contribution < 1.29 is 18.0 Å². The fraction of sp³-hybridized carbons (Fsp3) is 0.200. The number of anilines is 4. The van der Waals surface area contributed by atoms with E-state index in [9.17, 15) is 18.0 Å². The van der Waals surface area contributed by atoms with Gasteiger partial charge in [0, 0.05) is 93.6 Å². The van der Waals surface area contributed by atoms with Crippen LogP contribution in [-0.4, -0.2) is 95.7 Å². The van der Waals surface area contributed by atoms with Crippen molar-refractivity contribution in [2.24, 2.45) is 0 Å². The number of carbonyl (C=O) groups is 2. The van der Waals surface area contributed by atoms with Crippen molar-refractivity contribution in [3.63, 3.8) is 0 Å². The normalized spacial score (nSPS) is 13.2. The number of amides is 2. The molecule has 2 amide bonds. The Labute approximate surface area is 408 Å². The van der Waals surface area contributed by atoms with E-state index in [1.165, 1.54) is 35.5 Å². The summed E-state index contributed by atoms with van der Waals surface area (Å²) in [5, 5.41) is 7.01. The molecule has 0 unspecified atom stereocenters. The molecule has 0 atom stereocenters. The average Bonchev–Trinajstić information content (AvgIpc) is 3.38. The third-order valence-corrected chi connectivity index (χ3v) is 12.9. The van der Waals surface area contributed by atoms with Gasteiger partial charge in [0.05, 0.1) is 22.5 Å². The van der Waals surface area contributed by atoms with Crippen molar-refractivity contribution in [1.29, 1.82) is 0 Å². The highest BCUT2D eigenvalue weighted by Gasteiger charge is 2.30. The highest BCUT2D eigenvalue weighted by Crippen LogP contribution is 2.27. The molecule has 0 fully saturated rings. The summed E-state index contributed by atoms with van der Waals surface area (Å²) in [6, 6.07) is 28.3. The fourth-order valence-electron chi connectivity index (χ4n) is 7.83. The first kappa shape index (κ1) is 47.0. The molecule has 352 valence electrons. The molecule has 0 bridgehead atoms. The molecule has 0 radical (unpaired) electrons. The molecule has 20 heteroatoms. The number of pyridine rings is 2. The van der Waals surface area contributed by atoms with Crippen molar-refractivity contribution >= 4 is 56.7 Å². The molecule has 0 aliphatic carbocycles. The number of hydrogen-bond donors (Lipinski definition) is 2. The monoisotopic (exact) mass is 970 g/mol. The van der Waals surface area contributed by atoms with Crippen LogP contribution in [0.1, 0.15) is 54.6 Å². The number of rotatable bonds is 12. The second-order valence-electron chi connectivity index (χ2n) is 16.4. The molecular formula is C50H46N14O4S2. The van der Waals surface area contributed by atoms with Gasteiger partial charge in [-0.05, 0) is 77.7 Å². The van der Waals surface area contributed by atoms with Gasteiger partial charge in [-0.25, -0.2) is 48.3 Å². The van der Waals surface area contributed by atoms with E-state index in [2.05, 4.69) is 115 Å². The molecule has 0 saturated carbocycles. The maximum Gasteiger partial charge on any atom is 0.262 e. The first-order valence-corrected chi connectivity index (χ1v) is 25.3. The van der Waals surface area contributed by atoms with E-state index in [1.54, 1.807) is 29.4 Å². The number of sulfone groups is 1. The van der Waals surface area contributed by atoms with Gasteiger partial charge < -0.3 is 10.6 Å². The lowest BCUT2D eigenvalue weighted by Crippen LogP contribution is -2.39. The van der Waals surface area contributed by atoms with Gasteiger partial charge >= 0.3 is 0 Å². The summed E-state index contributed by atoms with van der Waals surface area (Å²) in [5.74, 6) is 1.77. The van der Waals surface area contributed by atoms with Crippen molar-refractivity contribution in [1.82, 2.24) is 49.8 Å². The first-order valence-electron chi connectivity index (χ1n) is 22.1. The van der Waals surface area contributed by atoms with Gasteiger partial charge in [-0.3, -0.25) is 29.4 Å². The van der Waals surface area contributed by atoms with Gasteiger partial charge in [-0.1, -0.05) is 60.3 Å². The van der Waals surface area contributed by atoms with Gasteiger partial charge in [0.15, 0.2) is 5.16 Å². The Bertz CT molecular complexity index is 3340. The number of carbonyl (C=O) groups excluding carboxylic acids is 2. The van der Waals surface area contributed by atoms with Crippen molar-refractivity contribution in [3.8, 4) is 22.3 Å². The van der Waals surface area contributed by atoms with E-state index >= 15 is 0 Å². The Hall–Kier alpha value is -8.10. The van der Waals surface area contributed by atoms with Gasteiger partial charge in [0.1, 0.15) is 35.9 Å². The molecule has 0 saturated heterocycles. The molecule has 70 heavy (non-hydrogen) atoms. The highest BCUT2D eigenvalue weighted by molar-refractivity contribution is 7.98. The highest BCUT2D eigenvalue weighted by atomic mass is 32.2. The molecule has 2 aliphatic rings. The summed E-state index contributed by atoms with van der Waals surface area (Å²) in [5.41, 5.74) is 10.7. The van der Waals surface area contributed by atoms with E-state index in [-0.39, 0.29) is 22.5 Å². The van der Waals surface area contributed by atoms with Crippen LogP contribution in [0.25, 0.3) is 22.3 Å². The van der Waals surface area contributed by atoms with Crippen LogP contribution in [0.15, 0.2) is 133 Å². The minimum absolute atomic E-state index is 0.138. The summed E-state index contributed by atoms with van der Waals surface area (Å²) in [4.78, 5) is 71.6. The Morgan fingerprint density at radius 3 is 1.50 bits per heavy atom. The molecule has 8 aromatic rings. The number of nitrogens with zero attached hydrogens (tertiary/aromatic N) is 12. The smallest absolute Gasteiger partial charge is 0.262 e. The van der Waals surface area contributed by atoms with Crippen molar-refractivity contribution in [2.45, 2.75) is 50.1 Å². The zero-order valence-electron chi connectivity index (χ0n) is 38.6. The third-order valence-electron chi connectivity index (χ3n) is 11.5. The van der Waals surface area contributed by atoms with Crippen LogP contribution in [0.3, 0.4) is 0 Å². The standard InChI is InChI=1S/C25H23N7O3S.C25H23N7OS/c1-16-11-19(7-9-26-16)18-5-3-17(4-6-18)13-27-22-12-23(30-15-29-22)32-10-8-21-20(24(32)33)14-28-25(31-21)36(2,34)35;1-16-11-19(7-9-26-16)18-5-3-17(4-6-18)13-27-22-12-23(30-15-29-22)32-10-8-21-20(24(32)33)14-28-25(31-21)34-2/h3-7,9,11-12,14-15H,8,10,13H2,1-2H3,(H,27,29,30);3-7,9,11-12,14-15H,8,10,13H2,1-2H3,(H,27,29,30). The minimum Gasteiger partial charge on any atom is -0.366 e. The predicted octanol–water partition coefficient (Wildman–Crippen LogP) is 7.03. The van der Waals surface area contributed by atoms with Crippen LogP contribution in [0, 0.1) is 13.8 Å². The fourth-order valence-corrected chi connectivity index (χ4v) is 8.71. The molecule has 6 aromatic heterocycles. The van der Waals surface area contributed by atoms with E-state index in [4.69, 9.17) is 0 Å². The molecule has 18 nitrogen and oxygen atoms in total. The van der Waals surface area contributed by atoms with Crippen LogP contribution in [0.2, 0.25) is 0 Å². The number of aryl methyl sites for hydroxylation is 2. The van der Waals surface area contributed by atoms with Crippen molar-refractivity contribution in [2.75, 3.05) is 46.0 Å². The lowest BCUT2D eigenvalue weighted by atomic mass is 10.0. The summed E-state index contributed by atoms with van der Waals surface area (Å²) >= 11 is 1.47.